The Morgan fingerprint density at radius 2 is 1.64 bits per heavy atom. The number of hydrogen-bond donors (Lipinski definition) is 0. The molecular weight excluding hydrogens is 368 g/mol. The second-order valence-corrected chi connectivity index (χ2v) is 6.05. The van der Waals surface area contributed by atoms with E-state index in [-0.39, 0.29) is 26.0 Å². The molecule has 0 aliphatic rings. The van der Waals surface area contributed by atoms with Crippen LogP contribution in [-0.4, -0.2) is 74.6 Å². The van der Waals surface area contributed by atoms with Gasteiger partial charge >= 0.3 is 18.0 Å². The highest BCUT2D eigenvalue weighted by Gasteiger charge is 2.29. The van der Waals surface area contributed by atoms with Crippen molar-refractivity contribution in [3.05, 3.63) is 35.9 Å². The Morgan fingerprint density at radius 1 is 1.00 bits per heavy atom. The van der Waals surface area contributed by atoms with Crippen LogP contribution in [0.3, 0.4) is 0 Å². The van der Waals surface area contributed by atoms with E-state index >= 15 is 0 Å². The summed E-state index contributed by atoms with van der Waals surface area (Å²) in [6, 6.07) is 8.16. The summed E-state index contributed by atoms with van der Waals surface area (Å²) < 4.78 is 14.4. The fourth-order valence-electron chi connectivity index (χ4n) is 2.34. The first kappa shape index (κ1) is 22.9. The van der Waals surface area contributed by atoms with Crippen LogP contribution in [0.25, 0.3) is 0 Å². The smallest absolute Gasteiger partial charge is 0.410 e. The van der Waals surface area contributed by atoms with E-state index < -0.39 is 30.0 Å². The zero-order valence-electron chi connectivity index (χ0n) is 16.5. The second kappa shape index (κ2) is 11.6. The largest absolute Gasteiger partial charge is 0.469 e. The number of carbonyl (C=O) groups is 4. The predicted octanol–water partition coefficient (Wildman–Crippen LogP) is 1.21. The van der Waals surface area contributed by atoms with Gasteiger partial charge in [-0.3, -0.25) is 9.59 Å². The Bertz CT molecular complexity index is 678. The first-order valence-electron chi connectivity index (χ1n) is 8.62. The molecule has 9 heteroatoms. The summed E-state index contributed by atoms with van der Waals surface area (Å²) in [7, 11) is 5.25. The minimum atomic E-state index is -0.967. The lowest BCUT2D eigenvalue weighted by Crippen LogP contribution is -2.47. The quantitative estimate of drug-likeness (QED) is 0.458. The summed E-state index contributed by atoms with van der Waals surface area (Å²) in [6.07, 6.45) is -0.679. The number of amides is 2. The van der Waals surface area contributed by atoms with E-state index in [0.29, 0.717) is 0 Å². The van der Waals surface area contributed by atoms with E-state index in [1.54, 1.807) is 0 Å². The first-order valence-corrected chi connectivity index (χ1v) is 8.62. The monoisotopic (exact) mass is 394 g/mol. The van der Waals surface area contributed by atoms with Gasteiger partial charge in [0.1, 0.15) is 19.2 Å². The number of hydrogen-bond acceptors (Lipinski definition) is 7. The zero-order chi connectivity index (χ0) is 21.1. The van der Waals surface area contributed by atoms with Crippen LogP contribution in [0.1, 0.15) is 18.4 Å². The van der Waals surface area contributed by atoms with E-state index in [2.05, 4.69) is 4.74 Å². The van der Waals surface area contributed by atoms with Crippen molar-refractivity contribution in [3.63, 3.8) is 0 Å². The lowest BCUT2D eigenvalue weighted by Gasteiger charge is -2.27. The highest BCUT2D eigenvalue weighted by Crippen LogP contribution is 2.10. The molecule has 154 valence electrons. The Morgan fingerprint density at radius 3 is 2.21 bits per heavy atom. The molecule has 0 aliphatic heterocycles. The highest BCUT2D eigenvalue weighted by atomic mass is 16.6. The number of esters is 2. The third-order valence-electron chi connectivity index (χ3n) is 4.07. The fraction of sp³-hybridized carbons (Fsp3) is 0.474. The van der Waals surface area contributed by atoms with Crippen LogP contribution in [0.5, 0.6) is 0 Å². The van der Waals surface area contributed by atoms with Crippen molar-refractivity contribution in [1.29, 1.82) is 0 Å². The van der Waals surface area contributed by atoms with E-state index in [4.69, 9.17) is 9.47 Å². The third-order valence-corrected chi connectivity index (χ3v) is 4.07. The molecule has 0 spiro atoms. The van der Waals surface area contributed by atoms with Crippen molar-refractivity contribution in [3.8, 4) is 0 Å². The molecule has 1 aromatic rings. The Hall–Kier alpha value is -3.10. The topological polar surface area (TPSA) is 102 Å². The van der Waals surface area contributed by atoms with E-state index in [1.165, 1.54) is 28.3 Å². The molecule has 0 N–H and O–H groups in total. The maximum Gasteiger partial charge on any atom is 0.410 e. The molecule has 1 atom stereocenters. The van der Waals surface area contributed by atoms with Crippen molar-refractivity contribution in [2.45, 2.75) is 25.5 Å². The molecule has 9 nitrogen and oxygen atoms in total. The van der Waals surface area contributed by atoms with Gasteiger partial charge in [0.15, 0.2) is 0 Å². The average molecular weight is 394 g/mol. The molecule has 0 saturated carbocycles. The van der Waals surface area contributed by atoms with Gasteiger partial charge in [0.2, 0.25) is 5.91 Å². The van der Waals surface area contributed by atoms with Crippen molar-refractivity contribution >= 4 is 23.9 Å². The van der Waals surface area contributed by atoms with Crippen LogP contribution in [0.4, 0.5) is 4.79 Å². The predicted molar refractivity (Wildman–Crippen MR) is 99.1 cm³/mol. The lowest BCUT2D eigenvalue weighted by molar-refractivity contribution is -0.153. The van der Waals surface area contributed by atoms with Crippen LogP contribution < -0.4 is 0 Å². The summed E-state index contributed by atoms with van der Waals surface area (Å²) in [6.45, 7) is -0.214. The fourth-order valence-corrected chi connectivity index (χ4v) is 2.34. The standard InChI is InChI=1S/C19H26N2O7/c1-20(19(25)28-13-14-8-6-5-7-9-14)12-16(22)21(2)15(18(24)27-4)10-11-17(23)26-3/h5-9,15H,10-13H2,1-4H3. The maximum absolute atomic E-state index is 12.5. The number of carbonyl (C=O) groups excluding carboxylic acids is 4. The third kappa shape index (κ3) is 7.26. The maximum atomic E-state index is 12.5. The van der Waals surface area contributed by atoms with Crippen LogP contribution in [0.15, 0.2) is 30.3 Å². The minimum Gasteiger partial charge on any atom is -0.469 e. The van der Waals surface area contributed by atoms with Gasteiger partial charge in [0.05, 0.1) is 14.2 Å². The molecule has 2 amide bonds. The zero-order valence-corrected chi connectivity index (χ0v) is 16.5. The number of ether oxygens (including phenoxy) is 3. The van der Waals surface area contributed by atoms with Gasteiger partial charge in [-0.1, -0.05) is 30.3 Å². The number of likely N-dealkylation sites (N-methyl/N-ethyl adjacent to an activating group) is 2. The average Bonchev–Trinajstić information content (AvgIpc) is 2.71. The summed E-state index contributed by atoms with van der Waals surface area (Å²) in [5, 5.41) is 0. The Kier molecular flexibility index (Phi) is 9.49. The number of methoxy groups -OCH3 is 2. The molecule has 0 aromatic heterocycles. The van der Waals surface area contributed by atoms with Gasteiger partial charge in [0.25, 0.3) is 0 Å². The highest BCUT2D eigenvalue weighted by molar-refractivity contribution is 5.87. The van der Waals surface area contributed by atoms with Crippen LogP contribution in [-0.2, 0) is 35.2 Å². The van der Waals surface area contributed by atoms with E-state index in [1.807, 2.05) is 30.3 Å². The van der Waals surface area contributed by atoms with Crippen LogP contribution in [0.2, 0.25) is 0 Å². The van der Waals surface area contributed by atoms with Gasteiger partial charge in [-0.2, -0.15) is 0 Å². The summed E-state index contributed by atoms with van der Waals surface area (Å²) in [4.78, 5) is 50.1. The lowest BCUT2D eigenvalue weighted by atomic mass is 10.1. The number of benzene rings is 1. The molecule has 0 saturated heterocycles. The van der Waals surface area contributed by atoms with Crippen molar-refractivity contribution in [2.75, 3.05) is 34.9 Å². The van der Waals surface area contributed by atoms with E-state index in [9.17, 15) is 19.2 Å². The normalized spacial score (nSPS) is 11.1. The van der Waals surface area contributed by atoms with Gasteiger partial charge in [-0.15, -0.1) is 0 Å². The van der Waals surface area contributed by atoms with Crippen molar-refractivity contribution in [1.82, 2.24) is 9.80 Å². The molecule has 0 radical (unpaired) electrons. The summed E-state index contributed by atoms with van der Waals surface area (Å²) in [5.41, 5.74) is 0.821. The first-order chi connectivity index (χ1) is 13.3. The molecule has 0 bridgehead atoms. The molecule has 0 heterocycles. The van der Waals surface area contributed by atoms with Crippen LogP contribution >= 0.6 is 0 Å². The molecule has 1 rings (SSSR count). The Labute approximate surface area is 164 Å². The summed E-state index contributed by atoms with van der Waals surface area (Å²) in [5.74, 6) is -1.66. The molecule has 28 heavy (non-hydrogen) atoms. The summed E-state index contributed by atoms with van der Waals surface area (Å²) >= 11 is 0. The van der Waals surface area contributed by atoms with Gasteiger partial charge in [-0.25, -0.2) is 9.59 Å². The Balaban J connectivity index is 2.61. The molecule has 1 aromatic carbocycles. The number of nitrogens with zero attached hydrogens (tertiary/aromatic N) is 2. The molecule has 0 aliphatic carbocycles. The van der Waals surface area contributed by atoms with Crippen molar-refractivity contribution in [2.24, 2.45) is 0 Å². The van der Waals surface area contributed by atoms with Crippen LogP contribution in [0, 0.1) is 0 Å². The SMILES string of the molecule is COC(=O)CCC(C(=O)OC)N(C)C(=O)CN(C)C(=O)OCc1ccccc1. The van der Waals surface area contributed by atoms with Gasteiger partial charge in [-0.05, 0) is 12.0 Å². The van der Waals surface area contributed by atoms with Gasteiger partial charge < -0.3 is 24.0 Å². The minimum absolute atomic E-state index is 0.0454. The van der Waals surface area contributed by atoms with E-state index in [0.717, 1.165) is 15.4 Å². The molecule has 0 fully saturated rings. The van der Waals surface area contributed by atoms with Gasteiger partial charge in [0, 0.05) is 20.5 Å². The second-order valence-electron chi connectivity index (χ2n) is 6.05. The van der Waals surface area contributed by atoms with Crippen molar-refractivity contribution < 1.29 is 33.4 Å². The molecule has 1 unspecified atom stereocenters. The molecular formula is C19H26N2O7. The number of rotatable bonds is 9.